The summed E-state index contributed by atoms with van der Waals surface area (Å²) in [6.07, 6.45) is -3.66. The maximum atomic E-state index is 13.3. The zero-order chi connectivity index (χ0) is 23.0. The lowest BCUT2D eigenvalue weighted by atomic mass is 9.52. The number of nitrogens with one attached hydrogen (secondary N) is 1. The van der Waals surface area contributed by atoms with Gasteiger partial charge in [-0.3, -0.25) is 15.0 Å². The van der Waals surface area contributed by atoms with Crippen LogP contribution in [0.1, 0.15) is 43.7 Å². The number of carbonyl (C=O) groups excluding carboxylic acids is 2. The van der Waals surface area contributed by atoms with Gasteiger partial charge in [0, 0.05) is 17.9 Å². The zero-order valence-corrected chi connectivity index (χ0v) is 17.6. The molecule has 1 saturated heterocycles. The third kappa shape index (κ3) is 4.23. The van der Waals surface area contributed by atoms with Gasteiger partial charge in [0.25, 0.3) is 0 Å². The molecule has 3 atom stereocenters. The summed E-state index contributed by atoms with van der Waals surface area (Å²) in [6, 6.07) is 3.37. The first kappa shape index (κ1) is 23.3. The van der Waals surface area contributed by atoms with Crippen LogP contribution in [0.5, 0.6) is 5.75 Å². The first-order valence-electron chi connectivity index (χ1n) is 10.3. The van der Waals surface area contributed by atoms with Crippen LogP contribution in [0.15, 0.2) is 18.2 Å². The number of hydrogen-bond donors (Lipinski definition) is 3. The molecule has 1 fully saturated rings. The molecule has 1 aliphatic carbocycles. The summed E-state index contributed by atoms with van der Waals surface area (Å²) in [5.74, 6) is -0.163. The fourth-order valence-electron chi connectivity index (χ4n) is 5.51. The third-order valence-electron chi connectivity index (χ3n) is 6.63. The Balaban J connectivity index is 2.17. The number of rotatable bonds is 6. The molecule has 0 aromatic heterocycles. The van der Waals surface area contributed by atoms with Crippen molar-refractivity contribution in [2.75, 3.05) is 20.2 Å². The molecule has 0 spiro atoms. The number of halogens is 3. The van der Waals surface area contributed by atoms with Crippen LogP contribution in [-0.2, 0) is 16.6 Å². The molecule has 7 nitrogen and oxygen atoms in total. The van der Waals surface area contributed by atoms with Gasteiger partial charge in [0.2, 0.25) is 5.91 Å². The van der Waals surface area contributed by atoms with Gasteiger partial charge in [0.15, 0.2) is 0 Å². The van der Waals surface area contributed by atoms with Gasteiger partial charge in [-0.25, -0.2) is 4.79 Å². The molecule has 10 heteroatoms. The zero-order valence-electron chi connectivity index (χ0n) is 17.6. The van der Waals surface area contributed by atoms with Crippen molar-refractivity contribution in [1.29, 1.82) is 0 Å². The molecular weight excluding hydrogens is 415 g/mol. The molecule has 2 aliphatic rings. The molecular formula is C21H28F3N3O4. The summed E-state index contributed by atoms with van der Waals surface area (Å²) >= 11 is 0. The van der Waals surface area contributed by atoms with Crippen molar-refractivity contribution in [1.82, 2.24) is 10.2 Å². The van der Waals surface area contributed by atoms with Gasteiger partial charge in [-0.15, -0.1) is 0 Å². The number of likely N-dealkylation sites (tertiary alicyclic amines) is 1. The maximum Gasteiger partial charge on any atom is 0.401 e. The van der Waals surface area contributed by atoms with Crippen LogP contribution in [-0.4, -0.2) is 60.0 Å². The molecule has 172 valence electrons. The fraction of sp³-hybridized carbons (Fsp3) is 0.619. The third-order valence-corrected chi connectivity index (χ3v) is 6.63. The van der Waals surface area contributed by atoms with Crippen molar-refractivity contribution in [2.24, 2.45) is 5.73 Å². The van der Waals surface area contributed by atoms with Crippen LogP contribution in [0, 0.1) is 0 Å². The molecule has 1 aromatic rings. The number of urea groups is 1. The Bertz CT molecular complexity index is 863. The number of amides is 3. The van der Waals surface area contributed by atoms with Crippen molar-refractivity contribution in [3.8, 4) is 5.75 Å². The van der Waals surface area contributed by atoms with Crippen LogP contribution < -0.4 is 15.8 Å². The van der Waals surface area contributed by atoms with E-state index in [9.17, 15) is 27.9 Å². The van der Waals surface area contributed by atoms with Gasteiger partial charge < -0.3 is 15.6 Å². The average Bonchev–Trinajstić information content (AvgIpc) is 2.65. The lowest BCUT2D eigenvalue weighted by Gasteiger charge is -2.62. The van der Waals surface area contributed by atoms with E-state index >= 15 is 0 Å². The largest absolute Gasteiger partial charge is 0.497 e. The normalized spacial score (nSPS) is 28.0. The summed E-state index contributed by atoms with van der Waals surface area (Å²) in [6.45, 7) is 0.746. The lowest BCUT2D eigenvalue weighted by molar-refractivity contribution is -0.198. The first-order chi connectivity index (χ1) is 14.5. The molecule has 3 amide bonds. The number of primary amides is 1. The molecule has 1 aliphatic heterocycles. The van der Waals surface area contributed by atoms with E-state index in [1.807, 2.05) is 12.2 Å². The highest BCUT2D eigenvalue weighted by Gasteiger charge is 2.63. The Morgan fingerprint density at radius 2 is 2.10 bits per heavy atom. The second kappa shape index (κ2) is 8.31. The number of ether oxygens (including phenoxy) is 1. The quantitative estimate of drug-likeness (QED) is 0.626. The van der Waals surface area contributed by atoms with E-state index in [2.05, 4.69) is 0 Å². The number of carbonyl (C=O) groups is 2. The number of fused-ring (bicyclic) bond motifs is 4. The van der Waals surface area contributed by atoms with E-state index < -0.39 is 41.7 Å². The second-order valence-electron chi connectivity index (χ2n) is 8.42. The number of nitrogens with two attached hydrogens (primary N) is 1. The van der Waals surface area contributed by atoms with Crippen LogP contribution in [0.4, 0.5) is 18.0 Å². The summed E-state index contributed by atoms with van der Waals surface area (Å²) in [7, 11) is 1.49. The van der Waals surface area contributed by atoms with Crippen molar-refractivity contribution in [3.63, 3.8) is 0 Å². The number of methoxy groups -OCH3 is 1. The summed E-state index contributed by atoms with van der Waals surface area (Å²) in [5.41, 5.74) is 3.73. The van der Waals surface area contributed by atoms with Gasteiger partial charge in [-0.1, -0.05) is 19.4 Å². The van der Waals surface area contributed by atoms with Gasteiger partial charge in [-0.05, 0) is 49.1 Å². The van der Waals surface area contributed by atoms with Gasteiger partial charge >= 0.3 is 12.2 Å². The Morgan fingerprint density at radius 1 is 1.39 bits per heavy atom. The lowest BCUT2D eigenvalue weighted by Crippen LogP contribution is -2.72. The average molecular weight is 443 g/mol. The molecule has 0 radical (unpaired) electrons. The Labute approximate surface area is 178 Å². The molecule has 0 saturated carbocycles. The molecule has 4 N–H and O–H groups in total. The highest BCUT2D eigenvalue weighted by Crippen LogP contribution is 2.56. The highest BCUT2D eigenvalue weighted by molar-refractivity contribution is 5.94. The standard InChI is InChI=1S/C21H28F3N3O4/c1-3-6-20(30)16-9-13-4-5-14(31-2)10-15(13)19(20,11-17(28)26-18(25)29)7-8-27(16)12-21(22,23)24/h4-5,10,16,30H,3,6-9,11-12H2,1-2H3,(H3,25,26,28,29). The number of imide groups is 1. The predicted molar refractivity (Wildman–Crippen MR) is 107 cm³/mol. The van der Waals surface area contributed by atoms with E-state index in [1.165, 1.54) is 12.0 Å². The van der Waals surface area contributed by atoms with Gasteiger partial charge in [0.05, 0.1) is 19.3 Å². The molecule has 31 heavy (non-hydrogen) atoms. The van der Waals surface area contributed by atoms with E-state index in [1.54, 1.807) is 18.2 Å². The number of hydrogen-bond acceptors (Lipinski definition) is 5. The molecule has 3 unspecified atom stereocenters. The number of alkyl halides is 3. The van der Waals surface area contributed by atoms with E-state index in [4.69, 9.17) is 10.5 Å². The number of piperidine rings is 1. The number of nitrogens with zero attached hydrogens (tertiary/aromatic N) is 1. The number of aliphatic hydroxyl groups is 1. The van der Waals surface area contributed by atoms with E-state index in [-0.39, 0.29) is 32.2 Å². The van der Waals surface area contributed by atoms with Gasteiger partial charge in [0.1, 0.15) is 5.75 Å². The maximum absolute atomic E-state index is 13.3. The molecule has 2 bridgehead atoms. The van der Waals surface area contributed by atoms with E-state index in [0.29, 0.717) is 17.7 Å². The Kier molecular flexibility index (Phi) is 6.25. The Morgan fingerprint density at radius 3 is 2.68 bits per heavy atom. The minimum atomic E-state index is -4.42. The highest BCUT2D eigenvalue weighted by atomic mass is 19.4. The van der Waals surface area contributed by atoms with Crippen LogP contribution in [0.2, 0.25) is 0 Å². The Hall–Kier alpha value is -2.33. The number of benzene rings is 1. The van der Waals surface area contributed by atoms with Crippen molar-refractivity contribution in [3.05, 3.63) is 29.3 Å². The van der Waals surface area contributed by atoms with E-state index in [0.717, 1.165) is 5.56 Å². The summed E-state index contributed by atoms with van der Waals surface area (Å²) in [5, 5.41) is 14.1. The first-order valence-corrected chi connectivity index (χ1v) is 10.3. The van der Waals surface area contributed by atoms with Crippen molar-refractivity contribution >= 4 is 11.9 Å². The van der Waals surface area contributed by atoms with Gasteiger partial charge in [-0.2, -0.15) is 13.2 Å². The minimum absolute atomic E-state index is 0.0523. The van der Waals surface area contributed by atoms with Crippen LogP contribution in [0.25, 0.3) is 0 Å². The monoisotopic (exact) mass is 443 g/mol. The summed E-state index contributed by atoms with van der Waals surface area (Å²) in [4.78, 5) is 25.1. The topological polar surface area (TPSA) is 105 Å². The van der Waals surface area contributed by atoms with Crippen LogP contribution >= 0.6 is 0 Å². The molecule has 1 aromatic carbocycles. The molecule has 1 heterocycles. The predicted octanol–water partition coefficient (Wildman–Crippen LogP) is 2.24. The fourth-order valence-corrected chi connectivity index (χ4v) is 5.51. The van der Waals surface area contributed by atoms with Crippen molar-refractivity contribution < 1.29 is 32.6 Å². The SMILES string of the molecule is CCCC1(O)C2Cc3ccc(OC)cc3C1(CC(=O)NC(N)=O)CCN2CC(F)(F)F. The molecule has 3 rings (SSSR count). The minimum Gasteiger partial charge on any atom is -0.497 e. The second-order valence-corrected chi connectivity index (χ2v) is 8.42. The smallest absolute Gasteiger partial charge is 0.401 e. The van der Waals surface area contributed by atoms with Crippen molar-refractivity contribution in [2.45, 2.75) is 62.3 Å². The van der Waals surface area contributed by atoms with Crippen LogP contribution in [0.3, 0.4) is 0 Å². The summed E-state index contributed by atoms with van der Waals surface area (Å²) < 4.78 is 45.2.